The Bertz CT molecular complexity index is 700. The molecule has 0 fully saturated rings. The molecule has 0 aliphatic carbocycles. The van der Waals surface area contributed by atoms with E-state index in [-0.39, 0.29) is 0 Å². The highest BCUT2D eigenvalue weighted by Crippen LogP contribution is 2.12. The van der Waals surface area contributed by atoms with Gasteiger partial charge in [0.2, 0.25) is 0 Å². The minimum absolute atomic E-state index is 1.07. The van der Waals surface area contributed by atoms with Gasteiger partial charge in [0.25, 0.3) is 0 Å². The van der Waals surface area contributed by atoms with Gasteiger partial charge in [0.1, 0.15) is 0 Å². The van der Waals surface area contributed by atoms with Gasteiger partial charge in [-0.15, -0.1) is 0 Å². The first-order valence-corrected chi connectivity index (χ1v) is 8.11. The van der Waals surface area contributed by atoms with Crippen LogP contribution in [0.5, 0.6) is 0 Å². The molecule has 0 aliphatic rings. The molecule has 0 radical (unpaired) electrons. The van der Waals surface area contributed by atoms with Gasteiger partial charge in [-0.3, -0.25) is 4.98 Å². The lowest BCUT2D eigenvalue weighted by Gasteiger charge is -2.11. The zero-order valence-electron chi connectivity index (χ0n) is 15.2. The van der Waals surface area contributed by atoms with Crippen LogP contribution in [-0.4, -0.2) is 19.1 Å². The van der Waals surface area contributed by atoms with Crippen LogP contribution in [0.1, 0.15) is 25.0 Å². The predicted octanol–water partition coefficient (Wildman–Crippen LogP) is 5.63. The quantitative estimate of drug-likeness (QED) is 0.579. The summed E-state index contributed by atoms with van der Waals surface area (Å²) >= 11 is 0. The number of pyridine rings is 1. The van der Waals surface area contributed by atoms with E-state index in [1.165, 1.54) is 22.2 Å². The summed E-state index contributed by atoms with van der Waals surface area (Å²) in [4.78, 5) is 6.32. The second-order valence-electron chi connectivity index (χ2n) is 5.43. The van der Waals surface area contributed by atoms with Crippen molar-refractivity contribution in [1.29, 1.82) is 0 Å². The third-order valence-electron chi connectivity index (χ3n) is 3.31. The van der Waals surface area contributed by atoms with Crippen LogP contribution in [0.4, 0.5) is 5.69 Å². The lowest BCUT2D eigenvalue weighted by molar-refractivity contribution is 1.13. The first kappa shape index (κ1) is 18.7. The number of rotatable bonds is 1. The lowest BCUT2D eigenvalue weighted by atomic mass is 10.1. The minimum Gasteiger partial charge on any atom is -0.378 e. The highest BCUT2D eigenvalue weighted by Gasteiger charge is 1.91. The monoisotopic (exact) mass is 308 g/mol. The van der Waals surface area contributed by atoms with Crippen LogP contribution in [0, 0.1) is 13.8 Å². The van der Waals surface area contributed by atoms with Crippen molar-refractivity contribution >= 4 is 16.6 Å². The van der Waals surface area contributed by atoms with Crippen molar-refractivity contribution in [3.8, 4) is 0 Å². The maximum Gasteiger partial charge on any atom is 0.0702 e. The maximum absolute atomic E-state index is 4.22. The van der Waals surface area contributed by atoms with Gasteiger partial charge in [-0.25, -0.2) is 0 Å². The molecule has 0 unspecified atom stereocenters. The molecule has 3 rings (SSSR count). The fourth-order valence-corrected chi connectivity index (χ4v) is 2.04. The van der Waals surface area contributed by atoms with Crippen LogP contribution >= 0.6 is 0 Å². The fraction of sp³-hybridized carbons (Fsp3) is 0.286. The zero-order chi connectivity index (χ0) is 17.2. The Morgan fingerprint density at radius 1 is 0.783 bits per heavy atom. The van der Waals surface area contributed by atoms with E-state index in [4.69, 9.17) is 0 Å². The number of anilines is 1. The van der Waals surface area contributed by atoms with Crippen molar-refractivity contribution in [2.24, 2.45) is 0 Å². The Hall–Kier alpha value is -2.35. The molecule has 1 heterocycles. The molecular weight excluding hydrogens is 280 g/mol. The van der Waals surface area contributed by atoms with E-state index in [1.54, 1.807) is 0 Å². The average molecular weight is 308 g/mol. The Kier molecular flexibility index (Phi) is 7.82. The van der Waals surface area contributed by atoms with Crippen LogP contribution in [0.2, 0.25) is 0 Å². The number of hydrogen-bond acceptors (Lipinski definition) is 2. The Morgan fingerprint density at radius 3 is 2.00 bits per heavy atom. The van der Waals surface area contributed by atoms with Crippen LogP contribution in [-0.2, 0) is 0 Å². The van der Waals surface area contributed by atoms with E-state index in [0.29, 0.717) is 0 Å². The molecule has 0 bridgehead atoms. The summed E-state index contributed by atoms with van der Waals surface area (Å²) in [7, 11) is 4.09. The largest absolute Gasteiger partial charge is 0.378 e. The van der Waals surface area contributed by atoms with Gasteiger partial charge in [-0.05, 0) is 44.2 Å². The molecule has 0 spiro atoms. The molecule has 0 saturated heterocycles. The molecule has 0 aliphatic heterocycles. The molecule has 1 aromatic heterocycles. The molecule has 2 heteroatoms. The van der Waals surface area contributed by atoms with Gasteiger partial charge in [0, 0.05) is 31.4 Å². The summed E-state index contributed by atoms with van der Waals surface area (Å²) in [5.41, 5.74) is 4.92. The number of benzene rings is 2. The molecule has 3 aromatic rings. The van der Waals surface area contributed by atoms with Crippen LogP contribution < -0.4 is 4.90 Å². The van der Waals surface area contributed by atoms with E-state index in [0.717, 1.165) is 5.52 Å². The van der Waals surface area contributed by atoms with Crippen LogP contribution in [0.25, 0.3) is 10.9 Å². The molecule has 0 N–H and O–H groups in total. The number of nitrogens with zero attached hydrogens (tertiary/aromatic N) is 2. The molecular formula is C21H28N2. The molecule has 2 nitrogen and oxygen atoms in total. The second kappa shape index (κ2) is 9.62. The van der Waals surface area contributed by atoms with Crippen molar-refractivity contribution < 1.29 is 0 Å². The van der Waals surface area contributed by atoms with Gasteiger partial charge >= 0.3 is 0 Å². The van der Waals surface area contributed by atoms with Gasteiger partial charge in [0.05, 0.1) is 5.52 Å². The van der Waals surface area contributed by atoms with Gasteiger partial charge in [-0.2, -0.15) is 0 Å². The zero-order valence-corrected chi connectivity index (χ0v) is 15.2. The number of hydrogen-bond donors (Lipinski definition) is 0. The molecule has 122 valence electrons. The normalized spacial score (nSPS) is 9.30. The molecule has 2 aromatic carbocycles. The summed E-state index contributed by atoms with van der Waals surface area (Å²) in [6.45, 7) is 8.19. The highest BCUT2D eigenvalue weighted by molar-refractivity contribution is 5.78. The molecule has 0 atom stereocenters. The third-order valence-corrected chi connectivity index (χ3v) is 3.31. The van der Waals surface area contributed by atoms with E-state index < -0.39 is 0 Å². The molecule has 0 saturated carbocycles. The summed E-state index contributed by atoms with van der Waals surface area (Å²) in [5.74, 6) is 0. The summed E-state index contributed by atoms with van der Waals surface area (Å²) < 4.78 is 0. The van der Waals surface area contributed by atoms with Gasteiger partial charge in [-0.1, -0.05) is 49.2 Å². The summed E-state index contributed by atoms with van der Waals surface area (Å²) in [6.07, 6.45) is 1.82. The standard InChI is InChI=1S/C10H9N.C9H13N.C2H6/c1-8-4-5-10-9(7-8)3-2-6-11-10;1-8-4-6-9(7-5-8)10(2)3;1-2/h2-7H,1H3;4-7H,1-3H3;1-2H3. The molecule has 23 heavy (non-hydrogen) atoms. The highest BCUT2D eigenvalue weighted by atomic mass is 15.1. The van der Waals surface area contributed by atoms with E-state index in [9.17, 15) is 0 Å². The third kappa shape index (κ3) is 6.11. The Balaban J connectivity index is 0.000000209. The van der Waals surface area contributed by atoms with Crippen LogP contribution in [0.15, 0.2) is 60.8 Å². The van der Waals surface area contributed by atoms with Crippen molar-refractivity contribution in [3.63, 3.8) is 0 Å². The maximum atomic E-state index is 4.22. The second-order valence-corrected chi connectivity index (χ2v) is 5.43. The van der Waals surface area contributed by atoms with Gasteiger partial charge < -0.3 is 4.90 Å². The number of fused-ring (bicyclic) bond motifs is 1. The topological polar surface area (TPSA) is 16.1 Å². The summed E-state index contributed by atoms with van der Waals surface area (Å²) in [5, 5.41) is 1.22. The van der Waals surface area contributed by atoms with E-state index >= 15 is 0 Å². The minimum atomic E-state index is 1.07. The van der Waals surface area contributed by atoms with Crippen molar-refractivity contribution in [2.75, 3.05) is 19.0 Å². The average Bonchev–Trinajstić information content (AvgIpc) is 2.57. The fourth-order valence-electron chi connectivity index (χ4n) is 2.04. The van der Waals surface area contributed by atoms with Crippen molar-refractivity contribution in [1.82, 2.24) is 4.98 Å². The van der Waals surface area contributed by atoms with E-state index in [1.807, 2.05) is 46.3 Å². The summed E-state index contributed by atoms with van der Waals surface area (Å²) in [6, 6.07) is 18.8. The first-order valence-electron chi connectivity index (χ1n) is 8.11. The smallest absolute Gasteiger partial charge is 0.0702 e. The predicted molar refractivity (Wildman–Crippen MR) is 103 cm³/mol. The first-order chi connectivity index (χ1) is 11.1. The Labute approximate surface area is 140 Å². The number of aromatic nitrogens is 1. The van der Waals surface area contributed by atoms with Crippen LogP contribution in [0.3, 0.4) is 0 Å². The Morgan fingerprint density at radius 2 is 1.39 bits per heavy atom. The lowest BCUT2D eigenvalue weighted by Crippen LogP contribution is -2.07. The van der Waals surface area contributed by atoms with Crippen molar-refractivity contribution in [2.45, 2.75) is 27.7 Å². The number of aryl methyl sites for hydroxylation is 2. The SMILES string of the molecule is CC.Cc1ccc(N(C)C)cc1.Cc1ccc2ncccc2c1. The molecule has 0 amide bonds. The van der Waals surface area contributed by atoms with E-state index in [2.05, 4.69) is 66.2 Å². The van der Waals surface area contributed by atoms with Gasteiger partial charge in [0.15, 0.2) is 0 Å². The van der Waals surface area contributed by atoms with Crippen molar-refractivity contribution in [3.05, 3.63) is 71.9 Å².